The Morgan fingerprint density at radius 1 is 1.10 bits per heavy atom. The predicted octanol–water partition coefficient (Wildman–Crippen LogP) is 3.75. The van der Waals surface area contributed by atoms with Crippen LogP contribution in [-0.4, -0.2) is 20.1 Å². The summed E-state index contributed by atoms with van der Waals surface area (Å²) in [6.07, 6.45) is 0. The quantitative estimate of drug-likeness (QED) is 0.935. The molecule has 0 spiro atoms. The van der Waals surface area contributed by atoms with Crippen molar-refractivity contribution in [2.75, 3.05) is 19.5 Å². The molecule has 2 rings (SSSR count). The molecule has 2 aromatic carbocycles. The number of rotatable bonds is 4. The summed E-state index contributed by atoms with van der Waals surface area (Å²) in [5, 5.41) is 2.74. The maximum Gasteiger partial charge on any atom is 0.255 e. The lowest BCUT2D eigenvalue weighted by molar-refractivity contribution is 0.102. The zero-order chi connectivity index (χ0) is 15.4. The zero-order valence-corrected chi connectivity index (χ0v) is 12.2. The van der Waals surface area contributed by atoms with Gasteiger partial charge in [0.15, 0.2) is 11.5 Å². The van der Waals surface area contributed by atoms with Crippen molar-refractivity contribution in [3.63, 3.8) is 0 Å². The van der Waals surface area contributed by atoms with Gasteiger partial charge in [-0.2, -0.15) is 0 Å². The Kier molecular flexibility index (Phi) is 4.65. The molecule has 1 N–H and O–H groups in total. The number of hydrogen-bond acceptors (Lipinski definition) is 3. The van der Waals surface area contributed by atoms with E-state index in [0.717, 1.165) is 6.07 Å². The van der Waals surface area contributed by atoms with Gasteiger partial charge in [-0.15, -0.1) is 0 Å². The van der Waals surface area contributed by atoms with E-state index in [9.17, 15) is 9.18 Å². The van der Waals surface area contributed by atoms with Crippen LogP contribution in [0.2, 0.25) is 5.02 Å². The van der Waals surface area contributed by atoms with Gasteiger partial charge < -0.3 is 14.8 Å². The number of carbonyl (C=O) groups is 1. The minimum atomic E-state index is -0.468. The fourth-order valence-corrected chi connectivity index (χ4v) is 1.98. The van der Waals surface area contributed by atoms with E-state index in [0.29, 0.717) is 22.7 Å². The third kappa shape index (κ3) is 3.44. The Morgan fingerprint density at radius 3 is 2.43 bits per heavy atom. The number of carbonyl (C=O) groups excluding carboxylic acids is 1. The minimum absolute atomic E-state index is 0.129. The molecule has 0 bridgehead atoms. The second kappa shape index (κ2) is 6.45. The van der Waals surface area contributed by atoms with E-state index < -0.39 is 5.82 Å². The predicted molar refractivity (Wildman–Crippen MR) is 78.9 cm³/mol. The number of nitrogens with one attached hydrogen (secondary N) is 1. The lowest BCUT2D eigenvalue weighted by Gasteiger charge is -2.10. The van der Waals surface area contributed by atoms with Crippen LogP contribution < -0.4 is 14.8 Å². The van der Waals surface area contributed by atoms with Crippen molar-refractivity contribution in [3.8, 4) is 11.5 Å². The van der Waals surface area contributed by atoms with Gasteiger partial charge in [-0.3, -0.25) is 4.79 Å². The van der Waals surface area contributed by atoms with E-state index in [1.54, 1.807) is 18.2 Å². The maximum absolute atomic E-state index is 13.0. The van der Waals surface area contributed by atoms with E-state index in [1.165, 1.54) is 26.4 Å². The van der Waals surface area contributed by atoms with Gasteiger partial charge in [-0.25, -0.2) is 4.39 Å². The van der Waals surface area contributed by atoms with Crippen molar-refractivity contribution in [1.29, 1.82) is 0 Å². The second-order valence-electron chi connectivity index (χ2n) is 4.15. The Labute approximate surface area is 126 Å². The molecule has 0 atom stereocenters. The van der Waals surface area contributed by atoms with Gasteiger partial charge >= 0.3 is 0 Å². The summed E-state index contributed by atoms with van der Waals surface area (Å²) in [6, 6.07) is 8.51. The van der Waals surface area contributed by atoms with Gasteiger partial charge in [0.05, 0.1) is 24.9 Å². The molecule has 0 radical (unpaired) electrons. The van der Waals surface area contributed by atoms with Crippen LogP contribution in [0.1, 0.15) is 10.4 Å². The van der Waals surface area contributed by atoms with Gasteiger partial charge in [0.2, 0.25) is 0 Å². The number of methoxy groups -OCH3 is 2. The Hall–Kier alpha value is -2.27. The Morgan fingerprint density at radius 2 is 1.81 bits per heavy atom. The van der Waals surface area contributed by atoms with Crippen LogP contribution >= 0.6 is 11.6 Å². The summed E-state index contributed by atoms with van der Waals surface area (Å²) in [7, 11) is 2.99. The lowest BCUT2D eigenvalue weighted by atomic mass is 10.2. The van der Waals surface area contributed by atoms with Crippen molar-refractivity contribution in [2.45, 2.75) is 0 Å². The molecule has 0 fully saturated rings. The summed E-state index contributed by atoms with van der Waals surface area (Å²) in [5.74, 6) is 0.109. The highest BCUT2D eigenvalue weighted by Crippen LogP contribution is 2.28. The van der Waals surface area contributed by atoms with Gasteiger partial charge in [-0.1, -0.05) is 11.6 Å². The summed E-state index contributed by atoms with van der Waals surface area (Å²) >= 11 is 5.87. The first kappa shape index (κ1) is 15.1. The summed E-state index contributed by atoms with van der Waals surface area (Å²) in [4.78, 5) is 12.2. The molecule has 0 unspecified atom stereocenters. The fourth-order valence-electron chi connectivity index (χ4n) is 1.76. The molecule has 0 aliphatic rings. The van der Waals surface area contributed by atoms with Gasteiger partial charge in [0, 0.05) is 5.56 Å². The van der Waals surface area contributed by atoms with Crippen LogP contribution in [-0.2, 0) is 0 Å². The average molecular weight is 310 g/mol. The molecule has 0 saturated heterocycles. The molecule has 0 heterocycles. The number of amides is 1. The van der Waals surface area contributed by atoms with Crippen molar-refractivity contribution in [1.82, 2.24) is 0 Å². The van der Waals surface area contributed by atoms with E-state index >= 15 is 0 Å². The van der Waals surface area contributed by atoms with Crippen LogP contribution in [0.3, 0.4) is 0 Å². The number of benzene rings is 2. The number of anilines is 1. The van der Waals surface area contributed by atoms with Gasteiger partial charge in [0.25, 0.3) is 5.91 Å². The third-order valence-corrected chi connectivity index (χ3v) is 3.14. The Bertz CT molecular complexity index is 676. The molecule has 0 saturated carbocycles. The van der Waals surface area contributed by atoms with Crippen LogP contribution in [0.15, 0.2) is 36.4 Å². The number of hydrogen-bond donors (Lipinski definition) is 1. The second-order valence-corrected chi connectivity index (χ2v) is 4.56. The Balaban J connectivity index is 2.24. The van der Waals surface area contributed by atoms with Crippen LogP contribution in [0, 0.1) is 5.82 Å². The molecule has 6 heteroatoms. The zero-order valence-electron chi connectivity index (χ0n) is 11.4. The van der Waals surface area contributed by atoms with Crippen LogP contribution in [0.25, 0.3) is 0 Å². The van der Waals surface area contributed by atoms with Gasteiger partial charge in [0.1, 0.15) is 5.82 Å². The first-order chi connectivity index (χ1) is 10.0. The van der Waals surface area contributed by atoms with Crippen molar-refractivity contribution < 1.29 is 18.7 Å². The summed E-state index contributed by atoms with van der Waals surface area (Å²) in [6.45, 7) is 0. The number of ether oxygens (including phenoxy) is 2. The van der Waals surface area contributed by atoms with E-state index in [4.69, 9.17) is 21.1 Å². The van der Waals surface area contributed by atoms with Crippen LogP contribution in [0.5, 0.6) is 11.5 Å². The molecule has 4 nitrogen and oxygen atoms in total. The van der Waals surface area contributed by atoms with Crippen molar-refractivity contribution in [2.24, 2.45) is 0 Å². The normalized spacial score (nSPS) is 10.1. The molecule has 110 valence electrons. The molecular weight excluding hydrogens is 297 g/mol. The first-order valence-corrected chi connectivity index (χ1v) is 6.41. The molecule has 2 aromatic rings. The first-order valence-electron chi connectivity index (χ1n) is 6.03. The standard InChI is InChI=1S/C15H13ClFNO3/c1-20-13-6-3-9(7-14(13)21-2)15(19)18-12-5-4-10(17)8-11(12)16/h3-8H,1-2H3,(H,18,19). The molecule has 0 aromatic heterocycles. The average Bonchev–Trinajstić information content (AvgIpc) is 2.49. The van der Waals surface area contributed by atoms with E-state index in [1.807, 2.05) is 0 Å². The van der Waals surface area contributed by atoms with Gasteiger partial charge in [-0.05, 0) is 36.4 Å². The molecule has 0 aliphatic heterocycles. The maximum atomic E-state index is 13.0. The minimum Gasteiger partial charge on any atom is -0.493 e. The van der Waals surface area contributed by atoms with Crippen molar-refractivity contribution >= 4 is 23.2 Å². The van der Waals surface area contributed by atoms with Crippen molar-refractivity contribution in [3.05, 3.63) is 52.8 Å². The summed E-state index contributed by atoms with van der Waals surface area (Å²) < 4.78 is 23.2. The van der Waals surface area contributed by atoms with E-state index in [-0.39, 0.29) is 10.9 Å². The molecule has 0 aliphatic carbocycles. The monoisotopic (exact) mass is 309 g/mol. The lowest BCUT2D eigenvalue weighted by Crippen LogP contribution is -2.12. The SMILES string of the molecule is COc1ccc(C(=O)Nc2ccc(F)cc2Cl)cc1OC. The molecular formula is C15H13ClFNO3. The molecule has 1 amide bonds. The third-order valence-electron chi connectivity index (χ3n) is 2.83. The largest absolute Gasteiger partial charge is 0.493 e. The highest BCUT2D eigenvalue weighted by atomic mass is 35.5. The smallest absolute Gasteiger partial charge is 0.255 e. The van der Waals surface area contributed by atoms with Crippen LogP contribution in [0.4, 0.5) is 10.1 Å². The van der Waals surface area contributed by atoms with E-state index in [2.05, 4.69) is 5.32 Å². The summed E-state index contributed by atoms with van der Waals surface area (Å²) in [5.41, 5.74) is 0.700. The highest BCUT2D eigenvalue weighted by Gasteiger charge is 2.12. The highest BCUT2D eigenvalue weighted by molar-refractivity contribution is 6.33. The number of halogens is 2. The topological polar surface area (TPSA) is 47.6 Å². The fraction of sp³-hybridized carbons (Fsp3) is 0.133. The molecule has 21 heavy (non-hydrogen) atoms.